The number of aliphatic hydroxyl groups is 3. The summed E-state index contributed by atoms with van der Waals surface area (Å²) in [6.07, 6.45) is -5.85. The largest absolute Gasteiger partial charge is 0.394 e. The standard InChI is InChI=1S/C28H25Cl2N3O6/c1-32-9-13-17-11-5-3-7-14(29)20(11)31-21(17)23-18(19(13)27(32)37)12-6-4-8-15(30)22(12)33(23)28-25(36)24(35)26(38-2)16(10-34)39-28/h3-8,16,24-26,28,31,34-36H,9-10H2,1-2H3/t16-,24-,25-,26-,28-/m1/s1. The SMILES string of the molecule is CO[C@H]1[C@H](O)[C@@H](O)[C@H](n2c3c(Cl)cccc3c3c4c(c5c6cccc(Cl)c6[nH]c5c32)CN(C)C4=O)O[C@@H]1CO. The Hall–Kier alpha value is -2.89. The molecule has 11 heteroatoms. The number of fused-ring (bicyclic) bond motifs is 10. The van der Waals surface area contributed by atoms with Gasteiger partial charge in [0.25, 0.3) is 5.91 Å². The lowest BCUT2D eigenvalue weighted by atomic mass is 9.96. The van der Waals surface area contributed by atoms with E-state index in [9.17, 15) is 20.1 Å². The first-order valence-corrected chi connectivity index (χ1v) is 13.3. The lowest BCUT2D eigenvalue weighted by Gasteiger charge is -2.42. The molecule has 4 N–H and O–H groups in total. The Bertz CT molecular complexity index is 1830. The molecule has 0 aliphatic carbocycles. The zero-order valence-electron chi connectivity index (χ0n) is 21.0. The molecule has 3 aromatic carbocycles. The van der Waals surface area contributed by atoms with E-state index < -0.39 is 37.3 Å². The fourth-order valence-corrected chi connectivity index (χ4v) is 6.98. The molecule has 4 heterocycles. The Balaban J connectivity index is 1.69. The van der Waals surface area contributed by atoms with Gasteiger partial charge in [-0.05, 0) is 17.7 Å². The average Bonchev–Trinajstić information content (AvgIpc) is 3.57. The van der Waals surface area contributed by atoms with Crippen LogP contribution in [0, 0.1) is 0 Å². The monoisotopic (exact) mass is 569 g/mol. The van der Waals surface area contributed by atoms with Crippen LogP contribution in [0.15, 0.2) is 36.4 Å². The van der Waals surface area contributed by atoms with E-state index in [0.29, 0.717) is 55.0 Å². The van der Waals surface area contributed by atoms with Gasteiger partial charge in [0.2, 0.25) is 0 Å². The Kier molecular flexibility index (Phi) is 5.67. The second kappa shape index (κ2) is 8.81. The predicted molar refractivity (Wildman–Crippen MR) is 148 cm³/mol. The third-order valence-electron chi connectivity index (χ3n) is 8.17. The maximum atomic E-state index is 13.7. The summed E-state index contributed by atoms with van der Waals surface area (Å²) in [6, 6.07) is 11.0. The number of H-pyrrole nitrogens is 1. The predicted octanol–water partition coefficient (Wildman–Crippen LogP) is 3.95. The number of nitrogens with one attached hydrogen (secondary N) is 1. The maximum Gasteiger partial charge on any atom is 0.254 e. The van der Waals surface area contributed by atoms with Gasteiger partial charge in [-0.25, -0.2) is 0 Å². The van der Waals surface area contributed by atoms with Crippen LogP contribution in [0.25, 0.3) is 43.6 Å². The van der Waals surface area contributed by atoms with E-state index in [1.807, 2.05) is 18.2 Å². The van der Waals surface area contributed by atoms with Crippen LogP contribution in [0.2, 0.25) is 10.0 Å². The highest BCUT2D eigenvalue weighted by atomic mass is 35.5. The van der Waals surface area contributed by atoms with Crippen LogP contribution < -0.4 is 0 Å². The van der Waals surface area contributed by atoms with Gasteiger partial charge in [-0.2, -0.15) is 0 Å². The Morgan fingerprint density at radius 3 is 2.46 bits per heavy atom. The number of halogens is 2. The van der Waals surface area contributed by atoms with Crippen LogP contribution in [0.4, 0.5) is 0 Å². The first kappa shape index (κ1) is 25.1. The molecule has 0 bridgehead atoms. The van der Waals surface area contributed by atoms with Crippen molar-refractivity contribution in [2.45, 2.75) is 37.2 Å². The smallest absolute Gasteiger partial charge is 0.254 e. The Labute approximate surface area is 232 Å². The number of benzene rings is 3. The highest BCUT2D eigenvalue weighted by Crippen LogP contribution is 2.48. The van der Waals surface area contributed by atoms with E-state index in [1.54, 1.807) is 34.7 Å². The molecule has 39 heavy (non-hydrogen) atoms. The van der Waals surface area contributed by atoms with E-state index in [0.717, 1.165) is 16.3 Å². The highest BCUT2D eigenvalue weighted by molar-refractivity contribution is 6.40. The first-order valence-electron chi connectivity index (χ1n) is 12.6. The van der Waals surface area contributed by atoms with Crippen LogP contribution in [0.1, 0.15) is 22.1 Å². The number of carbonyl (C=O) groups is 1. The number of rotatable bonds is 3. The molecule has 0 saturated carbocycles. The number of hydrogen-bond acceptors (Lipinski definition) is 6. The molecule has 2 aliphatic rings. The fourth-order valence-electron chi connectivity index (χ4n) is 6.49. The number of aliphatic hydroxyl groups excluding tert-OH is 3. The lowest BCUT2D eigenvalue weighted by molar-refractivity contribution is -0.255. The normalized spacial score (nSPS) is 25.6. The minimum atomic E-state index is -1.44. The van der Waals surface area contributed by atoms with Crippen molar-refractivity contribution in [3.8, 4) is 0 Å². The first-order chi connectivity index (χ1) is 18.8. The van der Waals surface area contributed by atoms with Gasteiger partial charge in [0, 0.05) is 42.2 Å². The van der Waals surface area contributed by atoms with Gasteiger partial charge in [0.15, 0.2) is 6.23 Å². The molecule has 202 valence electrons. The van der Waals surface area contributed by atoms with Crippen molar-refractivity contribution in [1.82, 2.24) is 14.5 Å². The van der Waals surface area contributed by atoms with Crippen LogP contribution in [0.5, 0.6) is 0 Å². The fraction of sp³-hybridized carbons (Fsp3) is 0.321. The molecule has 2 aliphatic heterocycles. The van der Waals surface area contributed by atoms with E-state index in [2.05, 4.69) is 4.98 Å². The van der Waals surface area contributed by atoms with Crippen LogP contribution in [-0.4, -0.2) is 80.9 Å². The van der Waals surface area contributed by atoms with Gasteiger partial charge in [0.1, 0.15) is 24.4 Å². The van der Waals surface area contributed by atoms with E-state index in [4.69, 9.17) is 32.7 Å². The van der Waals surface area contributed by atoms with E-state index in [1.165, 1.54) is 7.11 Å². The summed E-state index contributed by atoms with van der Waals surface area (Å²) in [5.74, 6) is -0.134. The molecule has 0 spiro atoms. The molecule has 2 aromatic heterocycles. The summed E-state index contributed by atoms with van der Waals surface area (Å²) in [5, 5.41) is 36.4. The summed E-state index contributed by atoms with van der Waals surface area (Å²) in [7, 11) is 3.14. The summed E-state index contributed by atoms with van der Waals surface area (Å²) in [6.45, 7) is -0.0313. The average molecular weight is 570 g/mol. The summed E-state index contributed by atoms with van der Waals surface area (Å²) >= 11 is 13.4. The molecule has 1 saturated heterocycles. The van der Waals surface area contributed by atoms with Crippen molar-refractivity contribution in [2.75, 3.05) is 20.8 Å². The maximum absolute atomic E-state index is 13.7. The zero-order valence-corrected chi connectivity index (χ0v) is 22.5. The number of methoxy groups -OCH3 is 1. The number of nitrogens with zero attached hydrogens (tertiary/aromatic N) is 2. The van der Waals surface area contributed by atoms with Gasteiger partial charge in [0.05, 0.1) is 44.3 Å². The lowest BCUT2D eigenvalue weighted by Crippen LogP contribution is -2.57. The van der Waals surface area contributed by atoms with Crippen LogP contribution in [0.3, 0.4) is 0 Å². The molecule has 9 nitrogen and oxygen atoms in total. The number of aromatic nitrogens is 2. The van der Waals surface area contributed by atoms with Crippen molar-refractivity contribution in [3.05, 3.63) is 57.6 Å². The molecule has 5 atom stereocenters. The second-order valence-corrected chi connectivity index (χ2v) is 11.0. The minimum absolute atomic E-state index is 0.134. The number of hydrogen-bond donors (Lipinski definition) is 4. The zero-order chi connectivity index (χ0) is 27.3. The quantitative estimate of drug-likeness (QED) is 0.261. The molecule has 0 unspecified atom stereocenters. The minimum Gasteiger partial charge on any atom is -0.394 e. The summed E-state index contributed by atoms with van der Waals surface area (Å²) in [4.78, 5) is 18.8. The van der Waals surface area contributed by atoms with Crippen LogP contribution >= 0.6 is 23.2 Å². The van der Waals surface area contributed by atoms with Crippen molar-refractivity contribution in [3.63, 3.8) is 0 Å². The van der Waals surface area contributed by atoms with E-state index >= 15 is 0 Å². The van der Waals surface area contributed by atoms with Gasteiger partial charge >= 0.3 is 0 Å². The molecule has 7 rings (SSSR count). The van der Waals surface area contributed by atoms with Crippen LogP contribution in [-0.2, 0) is 16.0 Å². The topological polar surface area (TPSA) is 120 Å². The molecular formula is C28H25Cl2N3O6. The van der Waals surface area contributed by atoms with Crippen molar-refractivity contribution >= 4 is 72.7 Å². The van der Waals surface area contributed by atoms with Crippen molar-refractivity contribution in [1.29, 1.82) is 0 Å². The van der Waals surface area contributed by atoms with Gasteiger partial charge in [-0.1, -0.05) is 47.5 Å². The Morgan fingerprint density at radius 1 is 1.03 bits per heavy atom. The third-order valence-corrected chi connectivity index (χ3v) is 8.79. The molecule has 1 fully saturated rings. The Morgan fingerprint density at radius 2 is 1.74 bits per heavy atom. The van der Waals surface area contributed by atoms with Gasteiger partial charge in [-0.3, -0.25) is 4.79 Å². The number of carbonyl (C=O) groups excluding carboxylic acids is 1. The molecule has 1 amide bonds. The molecule has 5 aromatic rings. The van der Waals surface area contributed by atoms with Gasteiger partial charge < -0.3 is 39.2 Å². The summed E-state index contributed by atoms with van der Waals surface area (Å²) < 4.78 is 13.3. The van der Waals surface area contributed by atoms with Crippen molar-refractivity contribution < 1.29 is 29.6 Å². The number of amides is 1. The number of para-hydroxylation sites is 2. The number of ether oxygens (including phenoxy) is 2. The van der Waals surface area contributed by atoms with E-state index in [-0.39, 0.29) is 5.91 Å². The van der Waals surface area contributed by atoms with Gasteiger partial charge in [-0.15, -0.1) is 0 Å². The second-order valence-electron chi connectivity index (χ2n) is 10.2. The number of aromatic amines is 1. The third kappa shape index (κ3) is 3.23. The highest BCUT2D eigenvalue weighted by Gasteiger charge is 2.47. The molecule has 0 radical (unpaired) electrons. The summed E-state index contributed by atoms with van der Waals surface area (Å²) in [5.41, 5.74) is 3.93. The molecular weight excluding hydrogens is 545 g/mol. The van der Waals surface area contributed by atoms with Crippen molar-refractivity contribution in [2.24, 2.45) is 0 Å².